The average molecular weight is 329 g/mol. The van der Waals surface area contributed by atoms with Crippen LogP contribution in [0.4, 0.5) is 0 Å². The number of benzene rings is 1. The standard InChI is InChI=1S/C18H23N3O3/c1-2-24-16-5-3-15(4-6-16)18(23)20-13-14-8-11-21(12-9-14)17(22)7-10-19/h3-6,14H,2,7-9,11-13H2,1H3,(H,20,23). The quantitative estimate of drug-likeness (QED) is 0.865. The van der Waals surface area contributed by atoms with Crippen molar-refractivity contribution < 1.29 is 14.3 Å². The minimum atomic E-state index is -0.102. The summed E-state index contributed by atoms with van der Waals surface area (Å²) in [5.41, 5.74) is 0.611. The molecule has 1 aliphatic heterocycles. The molecule has 0 atom stereocenters. The fourth-order valence-electron chi connectivity index (χ4n) is 2.77. The lowest BCUT2D eigenvalue weighted by Crippen LogP contribution is -2.41. The first-order valence-corrected chi connectivity index (χ1v) is 8.29. The number of nitrogens with zero attached hydrogens (tertiary/aromatic N) is 2. The van der Waals surface area contributed by atoms with Crippen LogP contribution >= 0.6 is 0 Å². The summed E-state index contributed by atoms with van der Waals surface area (Å²) in [6, 6.07) is 8.97. The van der Waals surface area contributed by atoms with Gasteiger partial charge in [-0.25, -0.2) is 0 Å². The Balaban J connectivity index is 1.75. The molecule has 1 fully saturated rings. The third-order valence-electron chi connectivity index (χ3n) is 4.18. The monoisotopic (exact) mass is 329 g/mol. The van der Waals surface area contributed by atoms with Crippen molar-refractivity contribution >= 4 is 11.8 Å². The van der Waals surface area contributed by atoms with Gasteiger partial charge < -0.3 is 15.0 Å². The second kappa shape index (κ2) is 8.92. The van der Waals surface area contributed by atoms with E-state index in [9.17, 15) is 9.59 Å². The highest BCUT2D eigenvalue weighted by atomic mass is 16.5. The zero-order chi connectivity index (χ0) is 17.4. The zero-order valence-electron chi connectivity index (χ0n) is 14.0. The molecule has 6 nitrogen and oxygen atoms in total. The first-order valence-electron chi connectivity index (χ1n) is 8.29. The molecule has 1 heterocycles. The molecule has 1 aromatic rings. The Hall–Kier alpha value is -2.55. The molecule has 6 heteroatoms. The maximum absolute atomic E-state index is 12.2. The molecule has 0 unspecified atom stereocenters. The Morgan fingerprint density at radius 2 is 1.96 bits per heavy atom. The number of hydrogen-bond donors (Lipinski definition) is 1. The number of piperidine rings is 1. The number of nitriles is 1. The van der Waals surface area contributed by atoms with Crippen LogP contribution in [-0.4, -0.2) is 43.0 Å². The minimum Gasteiger partial charge on any atom is -0.494 e. The van der Waals surface area contributed by atoms with Gasteiger partial charge >= 0.3 is 0 Å². The van der Waals surface area contributed by atoms with Crippen LogP contribution in [0.5, 0.6) is 5.75 Å². The Morgan fingerprint density at radius 1 is 1.29 bits per heavy atom. The molecule has 1 saturated heterocycles. The summed E-state index contributed by atoms with van der Waals surface area (Å²) in [5, 5.41) is 11.5. The SMILES string of the molecule is CCOc1ccc(C(=O)NCC2CCN(C(=O)CC#N)CC2)cc1. The number of likely N-dealkylation sites (tertiary alicyclic amines) is 1. The number of amides is 2. The van der Waals surface area contributed by atoms with Gasteiger partial charge in [-0.05, 0) is 49.9 Å². The number of ether oxygens (including phenoxy) is 1. The van der Waals surface area contributed by atoms with Crippen LogP contribution in [0.3, 0.4) is 0 Å². The predicted octanol–water partition coefficient (Wildman–Crippen LogP) is 1.97. The average Bonchev–Trinajstić information content (AvgIpc) is 2.61. The summed E-state index contributed by atoms with van der Waals surface area (Å²) < 4.78 is 5.36. The molecule has 0 radical (unpaired) electrons. The van der Waals surface area contributed by atoms with Crippen molar-refractivity contribution in [1.29, 1.82) is 5.26 Å². The summed E-state index contributed by atoms with van der Waals surface area (Å²) in [5.74, 6) is 0.918. The molecule has 1 aliphatic rings. The Labute approximate surface area is 142 Å². The summed E-state index contributed by atoms with van der Waals surface area (Å²) in [6.45, 7) is 4.43. The maximum atomic E-state index is 12.2. The molecule has 2 rings (SSSR count). The third kappa shape index (κ3) is 4.98. The Bertz CT molecular complexity index is 599. The van der Waals surface area contributed by atoms with E-state index in [1.54, 1.807) is 29.2 Å². The molecule has 0 spiro atoms. The van der Waals surface area contributed by atoms with E-state index in [1.807, 2.05) is 13.0 Å². The second-order valence-electron chi connectivity index (χ2n) is 5.83. The van der Waals surface area contributed by atoms with Gasteiger partial charge in [0.2, 0.25) is 5.91 Å². The van der Waals surface area contributed by atoms with Crippen molar-refractivity contribution in [1.82, 2.24) is 10.2 Å². The Kier molecular flexibility index (Phi) is 6.62. The highest BCUT2D eigenvalue weighted by Gasteiger charge is 2.22. The van der Waals surface area contributed by atoms with Crippen molar-refractivity contribution in [3.8, 4) is 11.8 Å². The highest BCUT2D eigenvalue weighted by Crippen LogP contribution is 2.17. The lowest BCUT2D eigenvalue weighted by molar-refractivity contribution is -0.131. The fraction of sp³-hybridized carbons (Fsp3) is 0.500. The molecule has 128 valence electrons. The van der Waals surface area contributed by atoms with E-state index in [4.69, 9.17) is 10.00 Å². The van der Waals surface area contributed by atoms with Crippen molar-refractivity contribution in [2.45, 2.75) is 26.2 Å². The normalized spacial score (nSPS) is 14.8. The van der Waals surface area contributed by atoms with Crippen LogP contribution in [0.2, 0.25) is 0 Å². The summed E-state index contributed by atoms with van der Waals surface area (Å²) in [4.78, 5) is 25.5. The van der Waals surface area contributed by atoms with Crippen LogP contribution < -0.4 is 10.1 Å². The first-order chi connectivity index (χ1) is 11.6. The molecule has 0 aromatic heterocycles. The van der Waals surface area contributed by atoms with Gasteiger partial charge in [-0.3, -0.25) is 9.59 Å². The molecule has 0 bridgehead atoms. The van der Waals surface area contributed by atoms with Crippen molar-refractivity contribution in [2.24, 2.45) is 5.92 Å². The lowest BCUT2D eigenvalue weighted by Gasteiger charge is -2.31. The lowest BCUT2D eigenvalue weighted by atomic mass is 9.96. The van der Waals surface area contributed by atoms with Gasteiger partial charge in [0.05, 0.1) is 12.7 Å². The van der Waals surface area contributed by atoms with Crippen molar-refractivity contribution in [2.75, 3.05) is 26.2 Å². The van der Waals surface area contributed by atoms with E-state index in [0.29, 0.717) is 37.7 Å². The first kappa shape index (κ1) is 17.8. The van der Waals surface area contributed by atoms with Crippen LogP contribution in [0.25, 0.3) is 0 Å². The topological polar surface area (TPSA) is 82.4 Å². The number of carbonyl (C=O) groups excluding carboxylic acids is 2. The molecule has 2 amide bonds. The summed E-state index contributed by atoms with van der Waals surface area (Å²) in [7, 11) is 0. The molecule has 1 aromatic carbocycles. The van der Waals surface area contributed by atoms with E-state index < -0.39 is 0 Å². The van der Waals surface area contributed by atoms with Crippen LogP contribution in [0.15, 0.2) is 24.3 Å². The van der Waals surface area contributed by atoms with Crippen LogP contribution in [-0.2, 0) is 4.79 Å². The van der Waals surface area contributed by atoms with Crippen LogP contribution in [0, 0.1) is 17.2 Å². The molecule has 24 heavy (non-hydrogen) atoms. The largest absolute Gasteiger partial charge is 0.494 e. The molecule has 0 aliphatic carbocycles. The van der Waals surface area contributed by atoms with E-state index in [0.717, 1.165) is 18.6 Å². The number of hydrogen-bond acceptors (Lipinski definition) is 4. The van der Waals surface area contributed by atoms with E-state index >= 15 is 0 Å². The zero-order valence-corrected chi connectivity index (χ0v) is 14.0. The molecular formula is C18H23N3O3. The summed E-state index contributed by atoms with van der Waals surface area (Å²) >= 11 is 0. The van der Waals surface area contributed by atoms with E-state index in [1.165, 1.54) is 0 Å². The van der Waals surface area contributed by atoms with Gasteiger partial charge in [-0.1, -0.05) is 0 Å². The highest BCUT2D eigenvalue weighted by molar-refractivity contribution is 5.94. The number of carbonyl (C=O) groups is 2. The summed E-state index contributed by atoms with van der Waals surface area (Å²) in [6.07, 6.45) is 1.64. The van der Waals surface area contributed by atoms with E-state index in [2.05, 4.69) is 5.32 Å². The fourth-order valence-corrected chi connectivity index (χ4v) is 2.77. The number of rotatable bonds is 6. The van der Waals surface area contributed by atoms with Gasteiger partial charge in [0.1, 0.15) is 12.2 Å². The van der Waals surface area contributed by atoms with E-state index in [-0.39, 0.29) is 18.2 Å². The van der Waals surface area contributed by atoms with Gasteiger partial charge in [0.25, 0.3) is 5.91 Å². The third-order valence-corrected chi connectivity index (χ3v) is 4.18. The second-order valence-corrected chi connectivity index (χ2v) is 5.83. The van der Waals surface area contributed by atoms with Gasteiger partial charge in [0, 0.05) is 25.2 Å². The van der Waals surface area contributed by atoms with Gasteiger partial charge in [-0.2, -0.15) is 5.26 Å². The molecular weight excluding hydrogens is 306 g/mol. The van der Waals surface area contributed by atoms with Gasteiger partial charge in [-0.15, -0.1) is 0 Å². The maximum Gasteiger partial charge on any atom is 0.251 e. The minimum absolute atomic E-state index is 0.0564. The molecule has 0 saturated carbocycles. The molecule has 1 N–H and O–H groups in total. The predicted molar refractivity (Wildman–Crippen MR) is 89.5 cm³/mol. The van der Waals surface area contributed by atoms with Crippen molar-refractivity contribution in [3.05, 3.63) is 29.8 Å². The van der Waals surface area contributed by atoms with Crippen LogP contribution in [0.1, 0.15) is 36.5 Å². The van der Waals surface area contributed by atoms with Crippen molar-refractivity contribution in [3.63, 3.8) is 0 Å². The van der Waals surface area contributed by atoms with Gasteiger partial charge in [0.15, 0.2) is 0 Å². The number of nitrogens with one attached hydrogen (secondary N) is 1. The smallest absolute Gasteiger partial charge is 0.251 e. The Morgan fingerprint density at radius 3 is 2.54 bits per heavy atom.